The molecule has 3 heterocycles. The molecule has 0 aromatic carbocycles. The summed E-state index contributed by atoms with van der Waals surface area (Å²) in [6.45, 7) is 2.88. The van der Waals surface area contributed by atoms with E-state index in [0.717, 1.165) is 42.8 Å². The van der Waals surface area contributed by atoms with Gasteiger partial charge in [-0.15, -0.1) is 11.3 Å². The number of likely N-dealkylation sites (tertiary alicyclic amines) is 1. The van der Waals surface area contributed by atoms with Gasteiger partial charge in [0, 0.05) is 24.5 Å². The van der Waals surface area contributed by atoms with Crippen LogP contribution in [0.3, 0.4) is 0 Å². The highest BCUT2D eigenvalue weighted by atomic mass is 32.1. The number of hydrogen-bond acceptors (Lipinski definition) is 4. The molecule has 3 rings (SSSR count). The van der Waals surface area contributed by atoms with Crippen LogP contribution in [0.15, 0.2) is 30.0 Å². The van der Waals surface area contributed by atoms with Crippen molar-refractivity contribution in [3.05, 3.63) is 46.2 Å². The molecular weight excluding hydrogens is 282 g/mol. The molecule has 0 radical (unpaired) electrons. The highest BCUT2D eigenvalue weighted by Gasteiger charge is 2.29. The normalized spacial score (nSPS) is 18.1. The van der Waals surface area contributed by atoms with Gasteiger partial charge in [-0.25, -0.2) is 0 Å². The largest absolute Gasteiger partial charge is 0.335 e. The zero-order chi connectivity index (χ0) is 14.7. The van der Waals surface area contributed by atoms with Crippen LogP contribution in [0, 0.1) is 6.92 Å². The Bertz CT molecular complexity index is 612. The lowest BCUT2D eigenvalue weighted by molar-refractivity contribution is 0.0735. The molecule has 0 unspecified atom stereocenters. The summed E-state index contributed by atoms with van der Waals surface area (Å²) in [6, 6.07) is 4.55. The molecule has 1 aliphatic rings. The number of carbonyl (C=O) groups excluding carboxylic acids is 1. The van der Waals surface area contributed by atoms with E-state index in [1.54, 1.807) is 11.7 Å². The minimum Gasteiger partial charge on any atom is -0.335 e. The first kappa shape index (κ1) is 14.2. The van der Waals surface area contributed by atoms with Crippen molar-refractivity contribution in [3.8, 4) is 0 Å². The van der Waals surface area contributed by atoms with Gasteiger partial charge in [0.2, 0.25) is 0 Å². The van der Waals surface area contributed by atoms with Gasteiger partial charge in [0.05, 0.1) is 11.7 Å². The zero-order valence-electron chi connectivity index (χ0n) is 12.2. The Morgan fingerprint density at radius 1 is 1.52 bits per heavy atom. The molecule has 110 valence electrons. The van der Waals surface area contributed by atoms with E-state index >= 15 is 0 Å². The SMILES string of the molecule is Cc1cc(CC[C@@H]2CCCN2C(=O)c2cncs2)ccn1. The molecule has 1 fully saturated rings. The third kappa shape index (κ3) is 3.29. The number of amides is 1. The van der Waals surface area contributed by atoms with E-state index in [0.29, 0.717) is 6.04 Å². The molecule has 2 aromatic heterocycles. The molecular formula is C16H19N3OS. The molecule has 0 aliphatic carbocycles. The summed E-state index contributed by atoms with van der Waals surface area (Å²) in [7, 11) is 0. The summed E-state index contributed by atoms with van der Waals surface area (Å²) in [5.74, 6) is 0.144. The summed E-state index contributed by atoms with van der Waals surface area (Å²) in [5, 5.41) is 0. The number of thiazole rings is 1. The van der Waals surface area contributed by atoms with Gasteiger partial charge in [-0.05, 0) is 50.3 Å². The van der Waals surface area contributed by atoms with Crippen molar-refractivity contribution in [1.29, 1.82) is 0 Å². The molecule has 0 spiro atoms. The standard InChI is InChI=1S/C16H19N3OS/c1-12-9-13(6-7-18-12)4-5-14-3-2-8-19(14)16(20)15-10-17-11-21-15/h6-7,9-11,14H,2-5,8H2,1H3/t14-/m0/s1. The molecule has 0 saturated carbocycles. The quantitative estimate of drug-likeness (QED) is 0.872. The van der Waals surface area contributed by atoms with Crippen LogP contribution in [-0.4, -0.2) is 33.4 Å². The van der Waals surface area contributed by atoms with E-state index < -0.39 is 0 Å². The van der Waals surface area contributed by atoms with Gasteiger partial charge in [-0.2, -0.15) is 0 Å². The molecule has 21 heavy (non-hydrogen) atoms. The summed E-state index contributed by atoms with van der Waals surface area (Å²) in [6.07, 6.45) is 7.77. The number of rotatable bonds is 4. The van der Waals surface area contributed by atoms with Crippen LogP contribution in [0.5, 0.6) is 0 Å². The van der Waals surface area contributed by atoms with Crippen molar-refractivity contribution in [3.63, 3.8) is 0 Å². The Morgan fingerprint density at radius 3 is 3.19 bits per heavy atom. The summed E-state index contributed by atoms with van der Waals surface area (Å²) < 4.78 is 0. The lowest BCUT2D eigenvalue weighted by Gasteiger charge is -2.24. The highest BCUT2D eigenvalue weighted by Crippen LogP contribution is 2.25. The van der Waals surface area contributed by atoms with Crippen LogP contribution >= 0.6 is 11.3 Å². The fraction of sp³-hybridized carbons (Fsp3) is 0.438. The number of carbonyl (C=O) groups is 1. The highest BCUT2D eigenvalue weighted by molar-refractivity contribution is 7.11. The third-order valence-electron chi connectivity index (χ3n) is 4.01. The third-order valence-corrected chi connectivity index (χ3v) is 4.77. The molecule has 2 aromatic rings. The van der Waals surface area contributed by atoms with Gasteiger partial charge in [-0.1, -0.05) is 0 Å². The van der Waals surface area contributed by atoms with Gasteiger partial charge in [0.15, 0.2) is 0 Å². The van der Waals surface area contributed by atoms with Crippen LogP contribution < -0.4 is 0 Å². The van der Waals surface area contributed by atoms with Crippen molar-refractivity contribution >= 4 is 17.2 Å². The molecule has 1 atom stereocenters. The topological polar surface area (TPSA) is 46.1 Å². The minimum absolute atomic E-state index is 0.144. The Labute approximate surface area is 128 Å². The fourth-order valence-corrected chi connectivity index (χ4v) is 3.53. The first-order valence-electron chi connectivity index (χ1n) is 7.35. The zero-order valence-corrected chi connectivity index (χ0v) is 13.0. The maximum Gasteiger partial charge on any atom is 0.265 e. The van der Waals surface area contributed by atoms with Crippen molar-refractivity contribution in [2.24, 2.45) is 0 Å². The van der Waals surface area contributed by atoms with E-state index in [4.69, 9.17) is 0 Å². The molecule has 0 N–H and O–H groups in total. The van der Waals surface area contributed by atoms with E-state index in [-0.39, 0.29) is 5.91 Å². The first-order valence-corrected chi connectivity index (χ1v) is 8.23. The van der Waals surface area contributed by atoms with E-state index in [2.05, 4.69) is 22.1 Å². The smallest absolute Gasteiger partial charge is 0.265 e. The first-order chi connectivity index (χ1) is 10.2. The predicted molar refractivity (Wildman–Crippen MR) is 83.5 cm³/mol. The van der Waals surface area contributed by atoms with E-state index in [9.17, 15) is 4.79 Å². The van der Waals surface area contributed by atoms with Crippen LogP contribution in [0.25, 0.3) is 0 Å². The maximum atomic E-state index is 12.5. The summed E-state index contributed by atoms with van der Waals surface area (Å²) >= 11 is 1.43. The van der Waals surface area contributed by atoms with Crippen molar-refractivity contribution in [2.75, 3.05) is 6.54 Å². The average molecular weight is 301 g/mol. The van der Waals surface area contributed by atoms with E-state index in [1.807, 2.05) is 18.0 Å². The lowest BCUT2D eigenvalue weighted by atomic mass is 10.0. The molecule has 5 heteroatoms. The Hall–Kier alpha value is -1.75. The van der Waals surface area contributed by atoms with Crippen molar-refractivity contribution < 1.29 is 4.79 Å². The van der Waals surface area contributed by atoms with Gasteiger partial charge in [-0.3, -0.25) is 14.8 Å². The molecule has 1 saturated heterocycles. The van der Waals surface area contributed by atoms with Crippen LogP contribution in [0.1, 0.15) is 40.2 Å². The van der Waals surface area contributed by atoms with Crippen LogP contribution in [0.4, 0.5) is 0 Å². The number of pyridine rings is 1. The van der Waals surface area contributed by atoms with Crippen LogP contribution in [0.2, 0.25) is 0 Å². The Balaban J connectivity index is 1.63. The van der Waals surface area contributed by atoms with Gasteiger partial charge in [0.1, 0.15) is 4.88 Å². The molecule has 0 bridgehead atoms. The van der Waals surface area contributed by atoms with Gasteiger partial charge >= 0.3 is 0 Å². The molecule has 1 amide bonds. The van der Waals surface area contributed by atoms with Gasteiger partial charge in [0.25, 0.3) is 5.91 Å². The number of nitrogens with zero attached hydrogens (tertiary/aromatic N) is 3. The summed E-state index contributed by atoms with van der Waals surface area (Å²) in [5.41, 5.74) is 4.08. The number of aryl methyl sites for hydroxylation is 2. The second kappa shape index (κ2) is 6.35. The minimum atomic E-state index is 0.144. The Morgan fingerprint density at radius 2 is 2.43 bits per heavy atom. The maximum absolute atomic E-state index is 12.5. The lowest BCUT2D eigenvalue weighted by Crippen LogP contribution is -2.35. The Kier molecular flexibility index (Phi) is 4.29. The second-order valence-electron chi connectivity index (χ2n) is 5.50. The fourth-order valence-electron chi connectivity index (χ4n) is 2.96. The molecule has 1 aliphatic heterocycles. The van der Waals surface area contributed by atoms with Gasteiger partial charge < -0.3 is 4.90 Å². The average Bonchev–Trinajstić information content (AvgIpc) is 3.16. The van der Waals surface area contributed by atoms with E-state index in [1.165, 1.54) is 16.9 Å². The predicted octanol–water partition coefficient (Wildman–Crippen LogP) is 3.08. The van der Waals surface area contributed by atoms with Crippen molar-refractivity contribution in [1.82, 2.24) is 14.9 Å². The molecule has 4 nitrogen and oxygen atoms in total. The monoisotopic (exact) mass is 301 g/mol. The van der Waals surface area contributed by atoms with Crippen LogP contribution in [-0.2, 0) is 6.42 Å². The number of hydrogen-bond donors (Lipinski definition) is 0. The summed E-state index contributed by atoms with van der Waals surface area (Å²) in [4.78, 5) is 23.5. The number of aromatic nitrogens is 2. The van der Waals surface area contributed by atoms with Crippen molar-refractivity contribution in [2.45, 2.75) is 38.6 Å². The second-order valence-corrected chi connectivity index (χ2v) is 6.39.